The highest BCUT2D eigenvalue weighted by molar-refractivity contribution is 6.02. The molecule has 6 heteroatoms. The van der Waals surface area contributed by atoms with Crippen molar-refractivity contribution in [2.24, 2.45) is 0 Å². The number of benzene rings is 2. The lowest BCUT2D eigenvalue weighted by Crippen LogP contribution is -2.32. The van der Waals surface area contributed by atoms with Crippen LogP contribution in [-0.2, 0) is 14.4 Å². The molecular weight excluding hydrogens is 301 g/mol. The van der Waals surface area contributed by atoms with Crippen LogP contribution in [0.1, 0.15) is 23.2 Å². The Labute approximate surface area is 131 Å². The molecular formula is C17H12FNO4. The zero-order valence-corrected chi connectivity index (χ0v) is 12.0. The molecule has 0 radical (unpaired) electrons. The van der Waals surface area contributed by atoms with E-state index in [1.54, 1.807) is 6.07 Å². The molecule has 23 heavy (non-hydrogen) atoms. The Bertz CT molecular complexity index is 772. The second-order valence-corrected chi connectivity index (χ2v) is 5.02. The molecule has 1 saturated heterocycles. The van der Waals surface area contributed by atoms with Crippen LogP contribution in [0.4, 0.5) is 4.39 Å². The Morgan fingerprint density at radius 3 is 2.22 bits per heavy atom. The fourth-order valence-corrected chi connectivity index (χ4v) is 2.28. The maximum atomic E-state index is 14.2. The van der Waals surface area contributed by atoms with Crippen LogP contribution in [-0.4, -0.2) is 22.8 Å². The fourth-order valence-electron chi connectivity index (χ4n) is 2.28. The number of carbonyl (C=O) groups excluding carboxylic acids is 3. The van der Waals surface area contributed by atoms with Gasteiger partial charge >= 0.3 is 5.97 Å². The topological polar surface area (TPSA) is 63.7 Å². The van der Waals surface area contributed by atoms with E-state index >= 15 is 0 Å². The smallest absolute Gasteiger partial charge is 0.325 e. The molecule has 0 aliphatic carbocycles. The molecule has 0 aromatic heterocycles. The van der Waals surface area contributed by atoms with Crippen molar-refractivity contribution in [2.75, 3.05) is 0 Å². The number of amides is 2. The average Bonchev–Trinajstić information content (AvgIpc) is 2.87. The predicted octanol–water partition coefficient (Wildman–Crippen LogP) is 2.71. The number of hydrogen-bond acceptors (Lipinski definition) is 4. The Kier molecular flexibility index (Phi) is 3.89. The third-order valence-electron chi connectivity index (χ3n) is 3.48. The van der Waals surface area contributed by atoms with Crippen molar-refractivity contribution in [1.82, 2.24) is 5.06 Å². The Balaban J connectivity index is 1.82. The first-order valence-corrected chi connectivity index (χ1v) is 6.99. The van der Waals surface area contributed by atoms with Crippen LogP contribution < -0.4 is 0 Å². The van der Waals surface area contributed by atoms with Gasteiger partial charge in [-0.05, 0) is 23.3 Å². The summed E-state index contributed by atoms with van der Waals surface area (Å²) in [5.74, 6) is -3.07. The van der Waals surface area contributed by atoms with E-state index in [1.165, 1.54) is 12.1 Å². The quantitative estimate of drug-likeness (QED) is 0.817. The molecule has 2 amide bonds. The van der Waals surface area contributed by atoms with Gasteiger partial charge in [-0.1, -0.05) is 36.4 Å². The lowest BCUT2D eigenvalue weighted by Gasteiger charge is -2.13. The number of hydroxylamine groups is 2. The number of rotatable bonds is 3. The van der Waals surface area contributed by atoms with Crippen molar-refractivity contribution in [2.45, 2.75) is 12.8 Å². The first kappa shape index (κ1) is 14.9. The van der Waals surface area contributed by atoms with Crippen LogP contribution in [0, 0.1) is 5.82 Å². The molecule has 3 rings (SSSR count). The van der Waals surface area contributed by atoms with Crippen LogP contribution in [0.2, 0.25) is 0 Å². The van der Waals surface area contributed by atoms with Crippen molar-refractivity contribution in [1.29, 1.82) is 0 Å². The lowest BCUT2D eigenvalue weighted by molar-refractivity contribution is -0.172. The summed E-state index contributed by atoms with van der Waals surface area (Å²) in [5, 5.41) is 0.396. The van der Waals surface area contributed by atoms with E-state index in [-0.39, 0.29) is 18.4 Å². The zero-order chi connectivity index (χ0) is 16.4. The van der Waals surface area contributed by atoms with E-state index in [2.05, 4.69) is 0 Å². The van der Waals surface area contributed by atoms with E-state index in [0.717, 1.165) is 5.56 Å². The van der Waals surface area contributed by atoms with Gasteiger partial charge in [0.1, 0.15) is 5.82 Å². The lowest BCUT2D eigenvalue weighted by atomic mass is 10.0. The SMILES string of the molecule is O=C(ON1C(=O)CCC1=O)c1ccc(-c2ccccc2)cc1F. The van der Waals surface area contributed by atoms with Crippen LogP contribution in [0.15, 0.2) is 48.5 Å². The first-order valence-electron chi connectivity index (χ1n) is 6.99. The normalized spacial score (nSPS) is 14.2. The van der Waals surface area contributed by atoms with E-state index in [9.17, 15) is 18.8 Å². The summed E-state index contributed by atoms with van der Waals surface area (Å²) in [6, 6.07) is 13.2. The van der Waals surface area contributed by atoms with Gasteiger partial charge in [-0.3, -0.25) is 9.59 Å². The number of imide groups is 1. The molecule has 5 nitrogen and oxygen atoms in total. The molecule has 0 spiro atoms. The van der Waals surface area contributed by atoms with Crippen molar-refractivity contribution in [3.8, 4) is 11.1 Å². The van der Waals surface area contributed by atoms with E-state index < -0.39 is 23.6 Å². The van der Waals surface area contributed by atoms with Crippen LogP contribution >= 0.6 is 0 Å². The van der Waals surface area contributed by atoms with Crippen molar-refractivity contribution < 1.29 is 23.6 Å². The van der Waals surface area contributed by atoms with Gasteiger partial charge in [0.15, 0.2) is 0 Å². The summed E-state index contributed by atoms with van der Waals surface area (Å²) in [4.78, 5) is 39.5. The highest BCUT2D eigenvalue weighted by Crippen LogP contribution is 2.23. The minimum absolute atomic E-state index is 0.0124. The van der Waals surface area contributed by atoms with Gasteiger partial charge in [0.05, 0.1) is 5.56 Å². The van der Waals surface area contributed by atoms with Gasteiger partial charge < -0.3 is 4.84 Å². The summed E-state index contributed by atoms with van der Waals surface area (Å²) in [6.07, 6.45) is -0.0247. The molecule has 1 aliphatic heterocycles. The molecule has 1 heterocycles. The maximum absolute atomic E-state index is 14.2. The van der Waals surface area contributed by atoms with Crippen LogP contribution in [0.25, 0.3) is 11.1 Å². The number of carbonyl (C=O) groups is 3. The highest BCUT2D eigenvalue weighted by atomic mass is 19.1. The molecule has 116 valence electrons. The molecule has 0 saturated carbocycles. The molecule has 0 atom stereocenters. The molecule has 2 aromatic rings. The summed E-state index contributed by atoms with van der Waals surface area (Å²) in [7, 11) is 0. The van der Waals surface area contributed by atoms with E-state index in [0.29, 0.717) is 10.6 Å². The average molecular weight is 313 g/mol. The second-order valence-electron chi connectivity index (χ2n) is 5.02. The summed E-state index contributed by atoms with van der Waals surface area (Å²) < 4.78 is 14.2. The number of hydrogen-bond donors (Lipinski definition) is 0. The van der Waals surface area contributed by atoms with Gasteiger partial charge in [-0.25, -0.2) is 9.18 Å². The summed E-state index contributed by atoms with van der Waals surface area (Å²) >= 11 is 0. The standard InChI is InChI=1S/C17H12FNO4/c18-14-10-12(11-4-2-1-3-5-11)6-7-13(14)17(22)23-19-15(20)8-9-16(19)21/h1-7,10H,8-9H2. The third-order valence-corrected chi connectivity index (χ3v) is 3.48. The van der Waals surface area contributed by atoms with E-state index in [4.69, 9.17) is 4.84 Å². The summed E-state index contributed by atoms with van der Waals surface area (Å²) in [5.41, 5.74) is 1.07. The van der Waals surface area contributed by atoms with E-state index in [1.807, 2.05) is 30.3 Å². The molecule has 2 aromatic carbocycles. The zero-order valence-electron chi connectivity index (χ0n) is 12.0. The maximum Gasteiger partial charge on any atom is 0.366 e. The minimum atomic E-state index is -1.08. The monoisotopic (exact) mass is 313 g/mol. The number of halogens is 1. The largest absolute Gasteiger partial charge is 0.366 e. The minimum Gasteiger partial charge on any atom is -0.325 e. The summed E-state index contributed by atoms with van der Waals surface area (Å²) in [6.45, 7) is 0. The molecule has 1 aliphatic rings. The van der Waals surface area contributed by atoms with Gasteiger partial charge in [0.25, 0.3) is 11.8 Å². The van der Waals surface area contributed by atoms with Gasteiger partial charge in [-0.15, -0.1) is 5.06 Å². The van der Waals surface area contributed by atoms with Crippen molar-refractivity contribution in [3.05, 3.63) is 59.9 Å². The molecule has 0 N–H and O–H groups in total. The van der Waals surface area contributed by atoms with Gasteiger partial charge in [-0.2, -0.15) is 0 Å². The van der Waals surface area contributed by atoms with Gasteiger partial charge in [0.2, 0.25) is 0 Å². The molecule has 0 unspecified atom stereocenters. The van der Waals surface area contributed by atoms with Crippen molar-refractivity contribution >= 4 is 17.8 Å². The Morgan fingerprint density at radius 2 is 1.61 bits per heavy atom. The second kappa shape index (κ2) is 6.00. The first-order chi connectivity index (χ1) is 11.1. The number of nitrogens with zero attached hydrogens (tertiary/aromatic N) is 1. The highest BCUT2D eigenvalue weighted by Gasteiger charge is 2.33. The van der Waals surface area contributed by atoms with Gasteiger partial charge in [0, 0.05) is 12.8 Å². The Morgan fingerprint density at radius 1 is 0.957 bits per heavy atom. The predicted molar refractivity (Wildman–Crippen MR) is 78.3 cm³/mol. The molecule has 0 bridgehead atoms. The van der Waals surface area contributed by atoms with Crippen LogP contribution in [0.5, 0.6) is 0 Å². The fraction of sp³-hybridized carbons (Fsp3) is 0.118. The van der Waals surface area contributed by atoms with Crippen LogP contribution in [0.3, 0.4) is 0 Å². The third kappa shape index (κ3) is 2.96. The van der Waals surface area contributed by atoms with Crippen molar-refractivity contribution in [3.63, 3.8) is 0 Å². The molecule has 1 fully saturated rings. The Hall–Kier alpha value is -3.02.